The molecule has 0 saturated carbocycles. The van der Waals surface area contributed by atoms with Crippen molar-refractivity contribution in [2.24, 2.45) is 0 Å². The summed E-state index contributed by atoms with van der Waals surface area (Å²) in [5.41, 5.74) is 1.75. The number of hydrogen-bond donors (Lipinski definition) is 2. The largest absolute Gasteiger partial charge is 0.478 e. The van der Waals surface area contributed by atoms with Crippen LogP contribution in [0.25, 0.3) is 15.8 Å². The number of aromatic carboxylic acids is 1. The first kappa shape index (κ1) is 14.8. The van der Waals surface area contributed by atoms with Crippen molar-refractivity contribution < 1.29 is 9.90 Å². The average molecular weight is 321 g/mol. The highest BCUT2D eigenvalue weighted by molar-refractivity contribution is 7.19. The third-order valence-corrected chi connectivity index (χ3v) is 4.24. The first-order valence-corrected chi connectivity index (χ1v) is 7.56. The van der Waals surface area contributed by atoms with Crippen LogP contribution in [0.1, 0.15) is 15.4 Å². The van der Waals surface area contributed by atoms with E-state index in [0.29, 0.717) is 16.3 Å². The van der Waals surface area contributed by atoms with Gasteiger partial charge in [0.05, 0.1) is 21.5 Å². The fourth-order valence-electron chi connectivity index (χ4n) is 2.07. The molecule has 2 N–H and O–H groups in total. The number of nitrogens with zero attached hydrogens (tertiary/aromatic N) is 2. The number of carboxylic acid groups (broad SMARTS) is 1. The number of thiazole rings is 1. The Morgan fingerprint density at radius 2 is 1.96 bits per heavy atom. The molecule has 0 bridgehead atoms. The van der Waals surface area contributed by atoms with E-state index in [1.807, 2.05) is 24.3 Å². The second-order valence-electron chi connectivity index (χ2n) is 4.65. The maximum Gasteiger partial charge on any atom is 0.337 e. The minimum Gasteiger partial charge on any atom is -0.478 e. The fraction of sp³-hybridized carbons (Fsp3) is 0. The van der Waals surface area contributed by atoms with E-state index in [0.717, 1.165) is 10.2 Å². The summed E-state index contributed by atoms with van der Waals surface area (Å²) in [6, 6.07) is 16.3. The molecule has 0 saturated heterocycles. The van der Waals surface area contributed by atoms with Crippen LogP contribution in [0, 0.1) is 11.3 Å². The number of carbonyl (C=O) groups is 1. The molecule has 1 aromatic heterocycles. The van der Waals surface area contributed by atoms with Gasteiger partial charge in [0.1, 0.15) is 16.6 Å². The van der Waals surface area contributed by atoms with Crippen molar-refractivity contribution in [3.63, 3.8) is 0 Å². The topological polar surface area (TPSA) is 86.0 Å². The van der Waals surface area contributed by atoms with Crippen LogP contribution in [0.4, 0.5) is 5.69 Å². The molecule has 6 heteroatoms. The number of allylic oxidation sites excluding steroid dienone is 1. The van der Waals surface area contributed by atoms with Crippen molar-refractivity contribution in [1.82, 2.24) is 4.98 Å². The first-order chi connectivity index (χ1) is 11.2. The standard InChI is InChI=1S/C17H11N3O2S/c18-9-11(16-20-14-7-3-4-8-15(14)23-16)10-19-13-6-2-1-5-12(13)17(21)22/h1-8,10,19H,(H,21,22). The van der Waals surface area contributed by atoms with Crippen LogP contribution < -0.4 is 5.32 Å². The van der Waals surface area contributed by atoms with Crippen molar-refractivity contribution in [2.75, 3.05) is 5.32 Å². The lowest BCUT2D eigenvalue weighted by Gasteiger charge is -2.05. The average Bonchev–Trinajstić information content (AvgIpc) is 2.99. The van der Waals surface area contributed by atoms with E-state index in [2.05, 4.69) is 16.4 Å². The van der Waals surface area contributed by atoms with Crippen molar-refractivity contribution >= 4 is 38.8 Å². The van der Waals surface area contributed by atoms with Gasteiger partial charge < -0.3 is 10.4 Å². The van der Waals surface area contributed by atoms with Crippen molar-refractivity contribution in [2.45, 2.75) is 0 Å². The zero-order chi connectivity index (χ0) is 16.2. The summed E-state index contributed by atoms with van der Waals surface area (Å²) in [6.45, 7) is 0. The van der Waals surface area contributed by atoms with Gasteiger partial charge in [0.15, 0.2) is 0 Å². The summed E-state index contributed by atoms with van der Waals surface area (Å²) in [5, 5.41) is 22.0. The zero-order valence-electron chi connectivity index (χ0n) is 11.9. The van der Waals surface area contributed by atoms with E-state index < -0.39 is 5.97 Å². The zero-order valence-corrected chi connectivity index (χ0v) is 12.7. The van der Waals surface area contributed by atoms with Crippen LogP contribution in [0.5, 0.6) is 0 Å². The Balaban J connectivity index is 1.94. The number of fused-ring (bicyclic) bond motifs is 1. The number of benzene rings is 2. The molecule has 3 aromatic rings. The lowest BCUT2D eigenvalue weighted by molar-refractivity contribution is 0.0698. The van der Waals surface area contributed by atoms with Crippen LogP contribution in [0.15, 0.2) is 54.7 Å². The minimum atomic E-state index is -1.03. The number of aromatic nitrogens is 1. The van der Waals surface area contributed by atoms with E-state index in [4.69, 9.17) is 5.11 Å². The Morgan fingerprint density at radius 1 is 1.22 bits per heavy atom. The van der Waals surface area contributed by atoms with Gasteiger partial charge in [0, 0.05) is 6.20 Å². The molecule has 3 rings (SSSR count). The van der Waals surface area contributed by atoms with Gasteiger partial charge in [-0.2, -0.15) is 5.26 Å². The molecule has 0 radical (unpaired) electrons. The van der Waals surface area contributed by atoms with Crippen LogP contribution in [-0.4, -0.2) is 16.1 Å². The Labute approximate surface area is 136 Å². The maximum atomic E-state index is 11.2. The van der Waals surface area contributed by atoms with Gasteiger partial charge in [-0.05, 0) is 24.3 Å². The summed E-state index contributed by atoms with van der Waals surface area (Å²) >= 11 is 1.42. The third kappa shape index (κ3) is 3.05. The van der Waals surface area contributed by atoms with Crippen LogP contribution in [0.2, 0.25) is 0 Å². The van der Waals surface area contributed by atoms with Crippen LogP contribution in [-0.2, 0) is 0 Å². The van der Waals surface area contributed by atoms with E-state index >= 15 is 0 Å². The summed E-state index contributed by atoms with van der Waals surface area (Å²) < 4.78 is 0.995. The number of nitriles is 1. The van der Waals surface area contributed by atoms with Crippen molar-refractivity contribution in [1.29, 1.82) is 5.26 Å². The Bertz CT molecular complexity index is 921. The molecular weight excluding hydrogens is 310 g/mol. The molecule has 112 valence electrons. The van der Waals surface area contributed by atoms with Crippen molar-refractivity contribution in [3.05, 3.63) is 65.3 Å². The number of hydrogen-bond acceptors (Lipinski definition) is 5. The van der Waals surface area contributed by atoms with E-state index in [9.17, 15) is 10.1 Å². The van der Waals surface area contributed by atoms with Crippen molar-refractivity contribution in [3.8, 4) is 6.07 Å². The molecule has 0 aliphatic heterocycles. The smallest absolute Gasteiger partial charge is 0.337 e. The molecule has 1 heterocycles. The highest BCUT2D eigenvalue weighted by Gasteiger charge is 2.10. The minimum absolute atomic E-state index is 0.144. The van der Waals surface area contributed by atoms with E-state index in [-0.39, 0.29) is 5.56 Å². The Morgan fingerprint density at radius 3 is 2.70 bits per heavy atom. The van der Waals surface area contributed by atoms with Crippen LogP contribution in [0.3, 0.4) is 0 Å². The molecule has 0 amide bonds. The summed E-state index contributed by atoms with van der Waals surface area (Å²) in [7, 11) is 0. The molecule has 2 aromatic carbocycles. The molecule has 5 nitrogen and oxygen atoms in total. The highest BCUT2D eigenvalue weighted by Crippen LogP contribution is 2.27. The molecule has 0 atom stereocenters. The molecule has 23 heavy (non-hydrogen) atoms. The number of carboxylic acids is 1. The second-order valence-corrected chi connectivity index (χ2v) is 5.68. The molecule has 0 spiro atoms. The predicted octanol–water partition coefficient (Wildman–Crippen LogP) is 3.97. The van der Waals surface area contributed by atoms with Gasteiger partial charge in [-0.25, -0.2) is 9.78 Å². The lowest BCUT2D eigenvalue weighted by Crippen LogP contribution is -2.02. The predicted molar refractivity (Wildman–Crippen MR) is 90.2 cm³/mol. The number of anilines is 1. The van der Waals surface area contributed by atoms with Crippen LogP contribution >= 0.6 is 11.3 Å². The Kier molecular flexibility index (Phi) is 4.04. The normalized spacial score (nSPS) is 11.2. The molecule has 0 aliphatic rings. The summed E-state index contributed by atoms with van der Waals surface area (Å²) in [6.07, 6.45) is 1.49. The lowest BCUT2D eigenvalue weighted by atomic mass is 10.2. The van der Waals surface area contributed by atoms with Gasteiger partial charge in [-0.3, -0.25) is 0 Å². The number of rotatable bonds is 4. The molecule has 0 fully saturated rings. The van der Waals surface area contributed by atoms with Gasteiger partial charge >= 0.3 is 5.97 Å². The van der Waals surface area contributed by atoms with Gasteiger partial charge in [-0.15, -0.1) is 11.3 Å². The number of para-hydroxylation sites is 2. The van der Waals surface area contributed by atoms with Gasteiger partial charge in [0.2, 0.25) is 0 Å². The summed E-state index contributed by atoms with van der Waals surface area (Å²) in [4.78, 5) is 15.6. The van der Waals surface area contributed by atoms with E-state index in [1.54, 1.807) is 18.2 Å². The molecule has 0 unspecified atom stereocenters. The maximum absolute atomic E-state index is 11.2. The highest BCUT2D eigenvalue weighted by atomic mass is 32.1. The molecule has 0 aliphatic carbocycles. The first-order valence-electron chi connectivity index (χ1n) is 6.74. The quantitative estimate of drug-likeness (QED) is 0.710. The monoisotopic (exact) mass is 321 g/mol. The fourth-order valence-corrected chi connectivity index (χ4v) is 3.01. The molecular formula is C17H11N3O2S. The third-order valence-electron chi connectivity index (χ3n) is 3.17. The van der Waals surface area contributed by atoms with Gasteiger partial charge in [0.25, 0.3) is 0 Å². The van der Waals surface area contributed by atoms with Gasteiger partial charge in [-0.1, -0.05) is 24.3 Å². The SMILES string of the molecule is N#CC(=CNc1ccccc1C(=O)O)c1nc2ccccc2s1. The van der Waals surface area contributed by atoms with E-state index in [1.165, 1.54) is 23.6 Å². The second kappa shape index (κ2) is 6.30. The summed E-state index contributed by atoms with van der Waals surface area (Å²) in [5.74, 6) is -1.03. The number of nitrogens with one attached hydrogen (secondary N) is 1. The Hall–Kier alpha value is -3.17.